The van der Waals surface area contributed by atoms with Crippen LogP contribution in [0.4, 0.5) is 0 Å². The first-order valence-electron chi connectivity index (χ1n) is 10.7. The van der Waals surface area contributed by atoms with Crippen LogP contribution < -0.4 is 5.32 Å². The first-order valence-corrected chi connectivity index (χ1v) is 13.6. The Morgan fingerprint density at radius 1 is 1.22 bits per heavy atom. The van der Waals surface area contributed by atoms with Crippen LogP contribution in [0.25, 0.3) is 0 Å². The monoisotopic (exact) mass is 409 g/mol. The summed E-state index contributed by atoms with van der Waals surface area (Å²) in [6.07, 6.45) is 4.21. The van der Waals surface area contributed by atoms with Crippen LogP contribution in [0, 0.1) is 24.2 Å². The molecular weight excluding hydrogens is 374 g/mol. The minimum atomic E-state index is -1.77. The molecule has 0 amide bonds. The van der Waals surface area contributed by atoms with Crippen molar-refractivity contribution in [3.63, 3.8) is 0 Å². The number of aromatic nitrogens is 2. The van der Waals surface area contributed by atoms with E-state index in [1.807, 2.05) is 6.92 Å². The van der Waals surface area contributed by atoms with Crippen molar-refractivity contribution in [1.29, 1.82) is 0 Å². The van der Waals surface area contributed by atoms with Crippen LogP contribution in [-0.4, -0.2) is 30.9 Å². The molecule has 0 bridgehead atoms. The van der Waals surface area contributed by atoms with Crippen molar-refractivity contribution in [1.82, 2.24) is 15.3 Å². The minimum absolute atomic E-state index is 0.0874. The quantitative estimate of drug-likeness (QED) is 0.545. The summed E-state index contributed by atoms with van der Waals surface area (Å²) in [6.45, 7) is 14.3. The molecule has 2 aliphatic carbocycles. The van der Waals surface area contributed by atoms with Gasteiger partial charge in [-0.3, -0.25) is 0 Å². The Kier molecular flexibility index (Phi) is 6.36. The molecule has 1 aromatic heterocycles. The first-order chi connectivity index (χ1) is 12.8. The molecule has 2 unspecified atom stereocenters. The van der Waals surface area contributed by atoms with Crippen molar-refractivity contribution in [2.45, 2.75) is 84.7 Å². The minimum Gasteiger partial charge on any atom is -0.407 e. The smallest absolute Gasteiger partial charge is 0.193 e. The van der Waals surface area contributed by atoms with Crippen molar-refractivity contribution in [2.75, 3.05) is 6.54 Å². The maximum absolute atomic E-state index is 6.85. The van der Waals surface area contributed by atoms with Crippen LogP contribution in [0.2, 0.25) is 23.2 Å². The average Bonchev–Trinajstić information content (AvgIpc) is 3.01. The predicted octanol–water partition coefficient (Wildman–Crippen LogP) is 5.53. The van der Waals surface area contributed by atoms with E-state index in [0.29, 0.717) is 16.5 Å². The van der Waals surface area contributed by atoms with E-state index in [-0.39, 0.29) is 6.10 Å². The zero-order chi connectivity index (χ0) is 19.8. The number of nitrogens with zero attached hydrogens (tertiary/aromatic N) is 2. The lowest BCUT2D eigenvalue weighted by atomic mass is 9.98. The lowest BCUT2D eigenvalue weighted by molar-refractivity contribution is 0.174. The van der Waals surface area contributed by atoms with Crippen molar-refractivity contribution < 1.29 is 4.43 Å². The molecule has 4 atom stereocenters. The molecule has 6 heteroatoms. The van der Waals surface area contributed by atoms with Gasteiger partial charge in [-0.15, -0.1) is 0 Å². The van der Waals surface area contributed by atoms with Crippen LogP contribution in [0.3, 0.4) is 0 Å². The average molecular weight is 410 g/mol. The predicted molar refractivity (Wildman–Crippen MR) is 115 cm³/mol. The molecule has 0 spiro atoms. The van der Waals surface area contributed by atoms with E-state index >= 15 is 0 Å². The highest BCUT2D eigenvalue weighted by Crippen LogP contribution is 2.66. The fourth-order valence-corrected chi connectivity index (χ4v) is 8.15. The third-order valence-corrected chi connectivity index (χ3v) is 12.4. The second-order valence-electron chi connectivity index (χ2n) is 9.11. The van der Waals surface area contributed by atoms with E-state index in [1.54, 1.807) is 6.20 Å². The van der Waals surface area contributed by atoms with Gasteiger partial charge >= 0.3 is 0 Å². The molecule has 3 rings (SSSR count). The number of nitrogens with one attached hydrogen (secondary N) is 1. The normalized spacial score (nSPS) is 27.4. The number of hydrogen-bond donors (Lipinski definition) is 1. The van der Waals surface area contributed by atoms with Gasteiger partial charge in [-0.2, -0.15) is 0 Å². The number of aryl methyl sites for hydroxylation is 1. The summed E-state index contributed by atoms with van der Waals surface area (Å²) in [4.78, 5) is 8.91. The molecule has 0 aromatic carbocycles. The Bertz CT molecular complexity index is 643. The standard InChI is InChI=1S/C21H36ClN3OSi/c1-7-27(8-2,9-3)26-19(20-18(22)12-23-14(4)25-20)13-24-15-10-16-17(11-15)21(16,5)6/h12,15-17,19,24H,7-11,13H2,1-6H3/t15?,16-,17+,19?. The van der Waals surface area contributed by atoms with Gasteiger partial charge in [0, 0.05) is 18.8 Å². The summed E-state index contributed by atoms with van der Waals surface area (Å²) in [5, 5.41) is 4.42. The van der Waals surface area contributed by atoms with Gasteiger partial charge in [0.05, 0.1) is 10.7 Å². The Balaban J connectivity index is 1.73. The van der Waals surface area contributed by atoms with Crippen LogP contribution in [-0.2, 0) is 4.43 Å². The van der Waals surface area contributed by atoms with Crippen molar-refractivity contribution in [3.8, 4) is 0 Å². The zero-order valence-corrected chi connectivity index (χ0v) is 19.6. The molecule has 0 saturated heterocycles. The molecule has 2 fully saturated rings. The van der Waals surface area contributed by atoms with Crippen molar-refractivity contribution in [3.05, 3.63) is 22.7 Å². The molecule has 27 heavy (non-hydrogen) atoms. The fourth-order valence-electron chi connectivity index (χ4n) is 5.14. The van der Waals surface area contributed by atoms with Gasteiger partial charge in [0.1, 0.15) is 11.9 Å². The molecule has 1 aromatic rings. The second-order valence-corrected chi connectivity index (χ2v) is 14.2. The van der Waals surface area contributed by atoms with Crippen LogP contribution in [0.15, 0.2) is 6.20 Å². The molecule has 1 heterocycles. The van der Waals surface area contributed by atoms with Gasteiger partial charge in [-0.05, 0) is 55.1 Å². The van der Waals surface area contributed by atoms with Crippen molar-refractivity contribution >= 4 is 19.9 Å². The molecule has 4 nitrogen and oxygen atoms in total. The first kappa shape index (κ1) is 21.2. The van der Waals surface area contributed by atoms with E-state index < -0.39 is 8.32 Å². The Morgan fingerprint density at radius 3 is 2.37 bits per heavy atom. The van der Waals surface area contributed by atoms with E-state index in [2.05, 4.69) is 49.9 Å². The molecule has 2 aliphatic rings. The van der Waals surface area contributed by atoms with Crippen LogP contribution in [0.5, 0.6) is 0 Å². The lowest BCUT2D eigenvalue weighted by Gasteiger charge is -2.34. The highest BCUT2D eigenvalue weighted by atomic mass is 35.5. The summed E-state index contributed by atoms with van der Waals surface area (Å²) in [6, 6.07) is 3.97. The van der Waals surface area contributed by atoms with Crippen LogP contribution >= 0.6 is 11.6 Å². The number of halogens is 1. The number of fused-ring (bicyclic) bond motifs is 1. The molecule has 152 valence electrons. The summed E-state index contributed by atoms with van der Waals surface area (Å²) < 4.78 is 6.85. The van der Waals surface area contributed by atoms with Gasteiger partial charge in [-0.25, -0.2) is 9.97 Å². The SMILES string of the molecule is CC[Si](CC)(CC)OC(CNC1C[C@@H]2[C@H](C1)C2(C)C)c1nc(C)ncc1Cl. The maximum Gasteiger partial charge on any atom is 0.193 e. The summed E-state index contributed by atoms with van der Waals surface area (Å²) in [7, 11) is -1.77. The van der Waals surface area contributed by atoms with Crippen molar-refractivity contribution in [2.24, 2.45) is 17.3 Å². The molecule has 0 radical (unpaired) electrons. The molecule has 2 saturated carbocycles. The molecule has 1 N–H and O–H groups in total. The molecular formula is C21H36ClN3OSi. The largest absolute Gasteiger partial charge is 0.407 e. The van der Waals surface area contributed by atoms with E-state index in [0.717, 1.165) is 48.0 Å². The summed E-state index contributed by atoms with van der Waals surface area (Å²) in [5.74, 6) is 2.55. The number of rotatable bonds is 9. The Hall–Kier alpha value is -0.493. The second kappa shape index (κ2) is 8.09. The van der Waals surface area contributed by atoms with E-state index in [4.69, 9.17) is 16.0 Å². The Labute approximate surface area is 171 Å². The van der Waals surface area contributed by atoms with E-state index in [9.17, 15) is 0 Å². The highest BCUT2D eigenvalue weighted by Gasteiger charge is 2.61. The van der Waals surface area contributed by atoms with Gasteiger partial charge in [0.25, 0.3) is 0 Å². The fraction of sp³-hybridized carbons (Fsp3) is 0.810. The van der Waals surface area contributed by atoms with E-state index in [1.165, 1.54) is 12.8 Å². The zero-order valence-electron chi connectivity index (χ0n) is 17.8. The van der Waals surface area contributed by atoms with Gasteiger partial charge in [0.2, 0.25) is 0 Å². The summed E-state index contributed by atoms with van der Waals surface area (Å²) >= 11 is 6.50. The van der Waals surface area contributed by atoms with Crippen LogP contribution in [0.1, 0.15) is 65.1 Å². The maximum atomic E-state index is 6.85. The third-order valence-electron chi connectivity index (χ3n) is 7.48. The summed E-state index contributed by atoms with van der Waals surface area (Å²) in [5.41, 5.74) is 1.42. The van der Waals surface area contributed by atoms with Gasteiger partial charge in [-0.1, -0.05) is 46.2 Å². The Morgan fingerprint density at radius 2 is 1.81 bits per heavy atom. The highest BCUT2D eigenvalue weighted by molar-refractivity contribution is 6.73. The topological polar surface area (TPSA) is 47.0 Å². The van der Waals surface area contributed by atoms with Gasteiger partial charge in [0.15, 0.2) is 8.32 Å². The third kappa shape index (κ3) is 4.26. The lowest BCUT2D eigenvalue weighted by Crippen LogP contribution is -2.42. The van der Waals surface area contributed by atoms with Gasteiger partial charge < -0.3 is 9.74 Å². The molecule has 0 aliphatic heterocycles. The number of hydrogen-bond acceptors (Lipinski definition) is 4.